The van der Waals surface area contributed by atoms with Crippen LogP contribution in [-0.4, -0.2) is 47.9 Å². The molecule has 0 saturated carbocycles. The van der Waals surface area contributed by atoms with E-state index in [2.05, 4.69) is 32.6 Å². The summed E-state index contributed by atoms with van der Waals surface area (Å²) in [4.78, 5) is 2.43. The normalized spacial score (nSPS) is 16.4. The van der Waals surface area contributed by atoms with Crippen molar-refractivity contribution < 1.29 is 9.30 Å². The summed E-state index contributed by atoms with van der Waals surface area (Å²) in [6, 6.07) is 1.05. The van der Waals surface area contributed by atoms with Crippen molar-refractivity contribution in [2.75, 3.05) is 25.6 Å². The smallest absolute Gasteiger partial charge is 0.166 e. The van der Waals surface area contributed by atoms with Crippen LogP contribution >= 0.6 is 17.7 Å². The number of nitrogens with zero attached hydrogens (tertiary/aromatic N) is 1. The van der Waals surface area contributed by atoms with E-state index in [1.165, 1.54) is 0 Å². The fraction of sp³-hybridized carbons (Fsp3) is 1.00. The minimum Gasteiger partial charge on any atom is -0.367 e. The molecule has 0 heterocycles. The molecule has 3 nitrogen and oxygen atoms in total. The Hall–Kier alpha value is 0.500. The van der Waals surface area contributed by atoms with E-state index in [9.17, 15) is 4.57 Å². The highest BCUT2D eigenvalue weighted by Gasteiger charge is 2.37. The molecule has 0 unspecified atom stereocenters. The van der Waals surface area contributed by atoms with Crippen LogP contribution in [0.3, 0.4) is 0 Å². The summed E-state index contributed by atoms with van der Waals surface area (Å²) < 4.78 is 18.4. The highest BCUT2D eigenvalue weighted by Crippen LogP contribution is 2.65. The first-order valence-electron chi connectivity index (χ1n) is 7.17. The number of rotatable bonds is 9. The molecule has 1 atom stereocenters. The Morgan fingerprint density at radius 3 is 2.05 bits per heavy atom. The molecule has 0 aliphatic rings. The molecule has 5 heteroatoms. The van der Waals surface area contributed by atoms with Gasteiger partial charge in [-0.05, 0) is 48.5 Å². The van der Waals surface area contributed by atoms with E-state index in [-0.39, 0.29) is 0 Å². The fourth-order valence-electron chi connectivity index (χ4n) is 2.06. The quantitative estimate of drug-likeness (QED) is 0.586. The summed E-state index contributed by atoms with van der Waals surface area (Å²) in [6.07, 6.45) is -2.36. The Bertz CT molecular complexity index is 298. The van der Waals surface area contributed by atoms with Gasteiger partial charge in [-0.2, -0.15) is 0 Å². The minimum atomic E-state index is -2.36. The van der Waals surface area contributed by atoms with Gasteiger partial charge in [-0.25, -0.2) is 0 Å². The highest BCUT2D eigenvalue weighted by molar-refractivity contribution is 8.58. The monoisotopic (exact) mass is 309 g/mol. The molecule has 116 valence electrons. The van der Waals surface area contributed by atoms with Crippen molar-refractivity contribution in [2.24, 2.45) is 0 Å². The van der Waals surface area contributed by atoms with Gasteiger partial charge in [-0.1, -0.05) is 11.4 Å². The molecule has 0 fully saturated rings. The van der Waals surface area contributed by atoms with E-state index in [1.54, 1.807) is 11.4 Å². The van der Waals surface area contributed by atoms with Gasteiger partial charge in [0.05, 0.1) is 0 Å². The molecule has 0 aromatic heterocycles. The second kappa shape index (κ2) is 8.07. The predicted octanol–water partition coefficient (Wildman–Crippen LogP) is 4.52. The second-order valence-corrected chi connectivity index (χ2v) is 12.3. The summed E-state index contributed by atoms with van der Waals surface area (Å²) in [5.41, 5.74) is 0. The third-order valence-corrected chi connectivity index (χ3v) is 9.78. The van der Waals surface area contributed by atoms with Gasteiger partial charge in [-0.15, -0.1) is 0 Å². The van der Waals surface area contributed by atoms with Gasteiger partial charge in [0.1, 0.15) is 5.34 Å². The molecule has 19 heavy (non-hydrogen) atoms. The molecule has 0 spiro atoms. The van der Waals surface area contributed by atoms with Crippen molar-refractivity contribution in [1.82, 2.24) is 4.90 Å². The maximum Gasteiger partial charge on any atom is 0.166 e. The van der Waals surface area contributed by atoms with E-state index in [1.807, 2.05) is 27.4 Å². The molecule has 0 amide bonds. The first-order chi connectivity index (χ1) is 8.55. The Balaban J connectivity index is 4.43. The second-order valence-electron chi connectivity index (χ2n) is 5.98. The highest BCUT2D eigenvalue weighted by atomic mass is 32.7. The lowest BCUT2D eigenvalue weighted by Gasteiger charge is -2.33. The van der Waals surface area contributed by atoms with Crippen LogP contribution in [0.5, 0.6) is 0 Å². The Morgan fingerprint density at radius 1 is 1.21 bits per heavy atom. The van der Waals surface area contributed by atoms with Crippen LogP contribution in [0.25, 0.3) is 0 Å². The van der Waals surface area contributed by atoms with Gasteiger partial charge in [-0.3, -0.25) is 4.90 Å². The zero-order valence-corrected chi connectivity index (χ0v) is 15.6. The largest absolute Gasteiger partial charge is 0.367 e. The predicted molar refractivity (Wildman–Crippen MR) is 88.7 cm³/mol. The van der Waals surface area contributed by atoms with E-state index in [0.29, 0.717) is 18.7 Å². The summed E-state index contributed by atoms with van der Waals surface area (Å²) in [6.45, 7) is 18.1. The third kappa shape index (κ3) is 6.20. The molecular weight excluding hydrogens is 277 g/mol. The molecule has 0 aromatic rings. The van der Waals surface area contributed by atoms with Gasteiger partial charge in [0.15, 0.2) is 6.34 Å². The Morgan fingerprint density at radius 2 is 1.68 bits per heavy atom. The molecule has 0 aliphatic heterocycles. The van der Waals surface area contributed by atoms with Gasteiger partial charge in [0.2, 0.25) is 0 Å². The zero-order chi connectivity index (χ0) is 15.3. The molecule has 0 aliphatic carbocycles. The van der Waals surface area contributed by atoms with Gasteiger partial charge in [0.25, 0.3) is 0 Å². The average molecular weight is 309 g/mol. The molecular formula is C14H32NO2PS. The van der Waals surface area contributed by atoms with Crippen molar-refractivity contribution in [3.63, 3.8) is 0 Å². The standard InChI is InChI=1S/C14H32NO2PS/c1-9-17-14(6,7)18(8,16)19-11-10-15(12(2)3)13(4)5/h12-13H,9-11H2,1-8H3/t18-/m0/s1. The SMILES string of the molecule is CCOC(C)(C)[P@@](C)(=O)SCCN(C(C)C)C(C)C. The lowest BCUT2D eigenvalue weighted by molar-refractivity contribution is 0.0546. The molecule has 0 saturated heterocycles. The average Bonchev–Trinajstić information content (AvgIpc) is 2.22. The summed E-state index contributed by atoms with van der Waals surface area (Å²) in [5, 5.41) is -0.535. The van der Waals surface area contributed by atoms with E-state index in [0.717, 1.165) is 12.3 Å². The third-order valence-electron chi connectivity index (χ3n) is 3.49. The van der Waals surface area contributed by atoms with Crippen molar-refractivity contribution in [2.45, 2.75) is 65.9 Å². The number of ether oxygens (including phenoxy) is 1. The van der Waals surface area contributed by atoms with Gasteiger partial charge >= 0.3 is 0 Å². The molecule has 0 N–H and O–H groups in total. The van der Waals surface area contributed by atoms with Crippen LogP contribution in [0.15, 0.2) is 0 Å². The topological polar surface area (TPSA) is 29.5 Å². The van der Waals surface area contributed by atoms with Crippen LogP contribution in [0.2, 0.25) is 0 Å². The molecule has 0 bridgehead atoms. The summed E-state index contributed by atoms with van der Waals surface area (Å²) in [7, 11) is 0. The maximum atomic E-state index is 12.8. The molecule has 0 aromatic carbocycles. The van der Waals surface area contributed by atoms with Crippen molar-refractivity contribution in [3.05, 3.63) is 0 Å². The Kier molecular flexibility index (Phi) is 8.28. The molecule has 0 radical (unpaired) electrons. The van der Waals surface area contributed by atoms with Gasteiger partial charge in [0, 0.05) is 37.7 Å². The minimum absolute atomic E-state index is 0.525. The van der Waals surface area contributed by atoms with Crippen molar-refractivity contribution >= 4 is 17.7 Å². The summed E-state index contributed by atoms with van der Waals surface area (Å²) in [5.74, 6) is 0.890. The Labute approximate surface area is 124 Å². The van der Waals surface area contributed by atoms with E-state index >= 15 is 0 Å². The van der Waals surface area contributed by atoms with Crippen LogP contribution in [-0.2, 0) is 9.30 Å². The van der Waals surface area contributed by atoms with Crippen molar-refractivity contribution in [1.29, 1.82) is 0 Å². The fourth-order valence-corrected chi connectivity index (χ4v) is 5.76. The van der Waals surface area contributed by atoms with Gasteiger partial charge < -0.3 is 9.30 Å². The van der Waals surface area contributed by atoms with Crippen molar-refractivity contribution in [3.8, 4) is 0 Å². The zero-order valence-electron chi connectivity index (χ0n) is 13.9. The van der Waals surface area contributed by atoms with Crippen LogP contribution in [0.1, 0.15) is 48.5 Å². The lowest BCUT2D eigenvalue weighted by atomic mass is 10.2. The maximum absolute atomic E-state index is 12.8. The lowest BCUT2D eigenvalue weighted by Crippen LogP contribution is -2.38. The van der Waals surface area contributed by atoms with E-state index < -0.39 is 11.7 Å². The molecule has 0 rings (SSSR count). The summed E-state index contributed by atoms with van der Waals surface area (Å²) >= 11 is 1.58. The number of hydrogen-bond acceptors (Lipinski definition) is 4. The number of hydrogen-bond donors (Lipinski definition) is 0. The van der Waals surface area contributed by atoms with Crippen LogP contribution in [0.4, 0.5) is 0 Å². The van der Waals surface area contributed by atoms with Crippen LogP contribution < -0.4 is 0 Å². The first kappa shape index (κ1) is 19.5. The van der Waals surface area contributed by atoms with E-state index in [4.69, 9.17) is 4.74 Å². The first-order valence-corrected chi connectivity index (χ1v) is 10.9. The van der Waals surface area contributed by atoms with Crippen LogP contribution in [0, 0.1) is 0 Å².